The van der Waals surface area contributed by atoms with Gasteiger partial charge in [-0.05, 0) is 42.9 Å². The van der Waals surface area contributed by atoms with Gasteiger partial charge in [0.1, 0.15) is 0 Å². The lowest BCUT2D eigenvalue weighted by Gasteiger charge is -2.31. The fourth-order valence-electron chi connectivity index (χ4n) is 4.31. The van der Waals surface area contributed by atoms with Crippen LogP contribution in [0.15, 0.2) is 76.9 Å². The molecular weight excluding hydrogens is 442 g/mol. The van der Waals surface area contributed by atoms with E-state index in [2.05, 4.69) is 4.72 Å². The number of Topliss-reactive ketones (excluding diaryl/α,β-unsaturated/α-hetero) is 1. The number of aliphatic hydroxyl groups is 1. The molecular formula is C25H27NO6S. The van der Waals surface area contributed by atoms with Crippen LogP contribution >= 0.6 is 0 Å². The summed E-state index contributed by atoms with van der Waals surface area (Å²) >= 11 is 0. The molecule has 1 fully saturated rings. The highest BCUT2D eigenvalue weighted by Gasteiger charge is 2.47. The number of sulfonamides is 1. The van der Waals surface area contributed by atoms with Crippen molar-refractivity contribution in [2.24, 2.45) is 11.8 Å². The molecule has 1 aliphatic heterocycles. The summed E-state index contributed by atoms with van der Waals surface area (Å²) in [6, 6.07) is 17.2. The molecule has 3 atom stereocenters. The number of ether oxygens (including phenoxy) is 1. The first-order valence-corrected chi connectivity index (χ1v) is 12.6. The molecule has 2 aromatic carbocycles. The normalized spacial score (nSPS) is 20.9. The third-order valence-electron chi connectivity index (χ3n) is 6.31. The number of esters is 1. The van der Waals surface area contributed by atoms with Crippen molar-refractivity contribution < 1.29 is 27.9 Å². The summed E-state index contributed by atoms with van der Waals surface area (Å²) in [5, 5.41) is 10.8. The molecule has 7 nitrogen and oxygen atoms in total. The number of hydrogen-bond donors (Lipinski definition) is 2. The SMILES string of the molecule is CCC(CNS(=O)(=O)c1ccccc1)C1OC(=O)C(C(c2ccccc2)C2CC2)=C(O)C1=O. The fourth-order valence-corrected chi connectivity index (χ4v) is 5.43. The van der Waals surface area contributed by atoms with E-state index in [0.717, 1.165) is 18.4 Å². The van der Waals surface area contributed by atoms with Gasteiger partial charge in [-0.3, -0.25) is 4.79 Å². The number of nitrogens with one attached hydrogen (secondary N) is 1. The largest absolute Gasteiger partial charge is 0.504 e. The molecule has 2 N–H and O–H groups in total. The van der Waals surface area contributed by atoms with Crippen molar-refractivity contribution in [1.29, 1.82) is 0 Å². The van der Waals surface area contributed by atoms with Crippen LogP contribution in [0.3, 0.4) is 0 Å². The summed E-state index contributed by atoms with van der Waals surface area (Å²) in [6.07, 6.45) is 0.925. The molecule has 0 radical (unpaired) electrons. The van der Waals surface area contributed by atoms with Gasteiger partial charge < -0.3 is 9.84 Å². The van der Waals surface area contributed by atoms with Crippen LogP contribution in [0.1, 0.15) is 37.7 Å². The average molecular weight is 470 g/mol. The third-order valence-corrected chi connectivity index (χ3v) is 7.75. The van der Waals surface area contributed by atoms with Gasteiger partial charge in [-0.1, -0.05) is 55.5 Å². The topological polar surface area (TPSA) is 110 Å². The molecule has 33 heavy (non-hydrogen) atoms. The van der Waals surface area contributed by atoms with E-state index in [0.29, 0.717) is 6.42 Å². The standard InChI is InChI=1S/C25H27NO6S/c1-2-16(15-26-33(30,31)19-11-7-4-8-12-19)24-23(28)22(27)21(25(29)32-24)20(18-13-14-18)17-9-5-3-6-10-17/h3-12,16,18,20,24,26-27H,2,13-15H2,1H3. The molecule has 4 rings (SSSR count). The second-order valence-corrected chi connectivity index (χ2v) is 10.3. The highest BCUT2D eigenvalue weighted by Crippen LogP contribution is 2.48. The lowest BCUT2D eigenvalue weighted by molar-refractivity contribution is -0.158. The van der Waals surface area contributed by atoms with Gasteiger partial charge in [0.2, 0.25) is 15.8 Å². The monoisotopic (exact) mass is 469 g/mol. The summed E-state index contributed by atoms with van der Waals surface area (Å²) in [4.78, 5) is 26.2. The van der Waals surface area contributed by atoms with Crippen LogP contribution in [0.25, 0.3) is 0 Å². The number of carbonyl (C=O) groups excluding carboxylic acids is 2. The smallest absolute Gasteiger partial charge is 0.339 e. The van der Waals surface area contributed by atoms with Crippen LogP contribution in [-0.2, 0) is 24.3 Å². The number of hydrogen-bond acceptors (Lipinski definition) is 6. The molecule has 0 saturated heterocycles. The maximum Gasteiger partial charge on any atom is 0.339 e. The molecule has 0 amide bonds. The Morgan fingerprint density at radius 3 is 2.21 bits per heavy atom. The Hall–Kier alpha value is -2.97. The Balaban J connectivity index is 1.56. The molecule has 3 unspecified atom stereocenters. The molecule has 2 aliphatic rings. The van der Waals surface area contributed by atoms with Crippen LogP contribution in [-0.4, -0.2) is 37.9 Å². The Morgan fingerprint density at radius 2 is 1.64 bits per heavy atom. The second kappa shape index (κ2) is 9.49. The first-order chi connectivity index (χ1) is 15.8. The molecule has 1 saturated carbocycles. The molecule has 0 aromatic heterocycles. The van der Waals surface area contributed by atoms with Gasteiger partial charge in [0, 0.05) is 18.4 Å². The Morgan fingerprint density at radius 1 is 1.03 bits per heavy atom. The lowest BCUT2D eigenvalue weighted by Crippen LogP contribution is -2.45. The molecule has 0 bridgehead atoms. The molecule has 8 heteroatoms. The number of ketones is 1. The van der Waals surface area contributed by atoms with Crippen molar-refractivity contribution in [3.8, 4) is 0 Å². The van der Waals surface area contributed by atoms with Crippen LogP contribution < -0.4 is 4.72 Å². The van der Waals surface area contributed by atoms with Crippen molar-refractivity contribution in [1.82, 2.24) is 4.72 Å². The number of benzene rings is 2. The maximum atomic E-state index is 13.1. The quantitative estimate of drug-likeness (QED) is 0.544. The minimum atomic E-state index is -3.79. The van der Waals surface area contributed by atoms with E-state index in [9.17, 15) is 23.1 Å². The van der Waals surface area contributed by atoms with Gasteiger partial charge in [-0.25, -0.2) is 17.9 Å². The Labute approximate surface area is 193 Å². The average Bonchev–Trinajstić information content (AvgIpc) is 3.66. The van der Waals surface area contributed by atoms with Gasteiger partial charge >= 0.3 is 5.97 Å². The Kier molecular flexibility index (Phi) is 6.67. The van der Waals surface area contributed by atoms with Crippen molar-refractivity contribution in [2.45, 2.75) is 43.1 Å². The van der Waals surface area contributed by atoms with E-state index in [-0.39, 0.29) is 22.9 Å². The maximum absolute atomic E-state index is 13.1. The Bertz CT molecular complexity index is 1160. The lowest BCUT2D eigenvalue weighted by atomic mass is 9.82. The molecule has 174 valence electrons. The first-order valence-electron chi connectivity index (χ1n) is 11.1. The molecule has 1 aliphatic carbocycles. The summed E-state index contributed by atoms with van der Waals surface area (Å²) in [7, 11) is -3.79. The minimum absolute atomic E-state index is 0.00432. The van der Waals surface area contributed by atoms with Crippen molar-refractivity contribution in [2.75, 3.05) is 6.54 Å². The second-order valence-electron chi connectivity index (χ2n) is 8.51. The predicted molar refractivity (Wildman–Crippen MR) is 122 cm³/mol. The number of rotatable bonds is 9. The van der Waals surface area contributed by atoms with Crippen LogP contribution in [0.5, 0.6) is 0 Å². The summed E-state index contributed by atoms with van der Waals surface area (Å²) in [5.74, 6) is -2.83. The number of carbonyl (C=O) groups is 2. The fraction of sp³-hybridized carbons (Fsp3) is 0.360. The summed E-state index contributed by atoms with van der Waals surface area (Å²) in [5.41, 5.74) is 0.858. The van der Waals surface area contributed by atoms with E-state index in [1.165, 1.54) is 12.1 Å². The highest BCUT2D eigenvalue weighted by atomic mass is 32.2. The van der Waals surface area contributed by atoms with E-state index in [1.807, 2.05) is 30.3 Å². The van der Waals surface area contributed by atoms with E-state index in [4.69, 9.17) is 4.74 Å². The highest BCUT2D eigenvalue weighted by molar-refractivity contribution is 7.89. The zero-order valence-electron chi connectivity index (χ0n) is 18.3. The zero-order valence-corrected chi connectivity index (χ0v) is 19.1. The summed E-state index contributed by atoms with van der Waals surface area (Å²) < 4.78 is 33.2. The van der Waals surface area contributed by atoms with Gasteiger partial charge in [0.25, 0.3) is 0 Å². The van der Waals surface area contributed by atoms with Crippen LogP contribution in [0.2, 0.25) is 0 Å². The summed E-state index contributed by atoms with van der Waals surface area (Å²) in [6.45, 7) is 1.67. The molecule has 0 spiro atoms. The van der Waals surface area contributed by atoms with E-state index in [1.54, 1.807) is 25.1 Å². The van der Waals surface area contributed by atoms with Gasteiger partial charge in [-0.15, -0.1) is 0 Å². The van der Waals surface area contributed by atoms with Crippen molar-refractivity contribution in [3.05, 3.63) is 77.6 Å². The van der Waals surface area contributed by atoms with Crippen LogP contribution in [0, 0.1) is 11.8 Å². The number of aliphatic hydroxyl groups excluding tert-OH is 1. The first kappa shape index (κ1) is 23.2. The van der Waals surface area contributed by atoms with Crippen LogP contribution in [0.4, 0.5) is 0 Å². The van der Waals surface area contributed by atoms with Gasteiger partial charge in [0.15, 0.2) is 11.9 Å². The van der Waals surface area contributed by atoms with Crippen molar-refractivity contribution in [3.63, 3.8) is 0 Å². The predicted octanol–water partition coefficient (Wildman–Crippen LogP) is 3.49. The molecule has 2 aromatic rings. The van der Waals surface area contributed by atoms with Crippen molar-refractivity contribution >= 4 is 21.8 Å². The van der Waals surface area contributed by atoms with E-state index >= 15 is 0 Å². The third kappa shape index (κ3) is 4.86. The van der Waals surface area contributed by atoms with Gasteiger partial charge in [0.05, 0.1) is 10.5 Å². The molecule has 1 heterocycles. The number of cyclic esters (lactones) is 1. The zero-order chi connectivity index (χ0) is 23.6. The minimum Gasteiger partial charge on any atom is -0.504 e. The van der Waals surface area contributed by atoms with Gasteiger partial charge in [-0.2, -0.15) is 0 Å². The van der Waals surface area contributed by atoms with E-state index < -0.39 is 45.5 Å².